The van der Waals surface area contributed by atoms with Crippen LogP contribution in [0.5, 0.6) is 0 Å². The summed E-state index contributed by atoms with van der Waals surface area (Å²) in [7, 11) is 0. The molecule has 0 aromatic rings. The Bertz CT molecular complexity index is 196. The zero-order valence-electron chi connectivity index (χ0n) is 12.3. The van der Waals surface area contributed by atoms with Gasteiger partial charge in [-0.15, -0.1) is 0 Å². The van der Waals surface area contributed by atoms with Crippen molar-refractivity contribution in [2.24, 2.45) is 0 Å². The summed E-state index contributed by atoms with van der Waals surface area (Å²) in [5.74, 6) is 0.147. The molecule has 0 atom stereocenters. The fourth-order valence-corrected chi connectivity index (χ4v) is 1.48. The number of amides is 1. The minimum absolute atomic E-state index is 0.147. The van der Waals surface area contributed by atoms with Gasteiger partial charge in [-0.25, -0.2) is 0 Å². The fraction of sp³-hybridized carbons (Fsp3) is 0.929. The summed E-state index contributed by atoms with van der Waals surface area (Å²) < 4.78 is 5.42. The highest BCUT2D eigenvalue weighted by molar-refractivity contribution is 5.75. The predicted molar refractivity (Wildman–Crippen MR) is 75.7 cm³/mol. The van der Waals surface area contributed by atoms with Crippen molar-refractivity contribution in [2.45, 2.75) is 58.9 Å². The van der Waals surface area contributed by atoms with Gasteiger partial charge in [0.15, 0.2) is 0 Å². The van der Waals surface area contributed by atoms with Gasteiger partial charge in [0, 0.05) is 32.2 Å². The molecule has 0 heterocycles. The van der Waals surface area contributed by atoms with E-state index in [2.05, 4.69) is 31.4 Å². The van der Waals surface area contributed by atoms with Gasteiger partial charge in [0.05, 0.1) is 0 Å². The van der Waals surface area contributed by atoms with Gasteiger partial charge in [-0.2, -0.15) is 0 Å². The molecule has 0 aliphatic heterocycles. The van der Waals surface area contributed by atoms with Crippen molar-refractivity contribution < 1.29 is 9.53 Å². The second-order valence-corrected chi connectivity index (χ2v) is 4.88. The molecule has 0 rings (SSSR count). The van der Waals surface area contributed by atoms with E-state index in [1.165, 1.54) is 6.42 Å². The molecule has 0 saturated heterocycles. The number of hydrogen-bond acceptors (Lipinski definition) is 3. The molecule has 0 radical (unpaired) electrons. The Morgan fingerprint density at radius 3 is 2.50 bits per heavy atom. The maximum atomic E-state index is 11.4. The zero-order valence-corrected chi connectivity index (χ0v) is 12.3. The highest BCUT2D eigenvalue weighted by Gasteiger charge is 2.00. The maximum absolute atomic E-state index is 11.4. The Labute approximate surface area is 112 Å². The number of unbranched alkanes of at least 4 members (excludes halogenated alkanes) is 1. The lowest BCUT2D eigenvalue weighted by molar-refractivity contribution is -0.121. The van der Waals surface area contributed by atoms with Crippen molar-refractivity contribution in [3.05, 3.63) is 0 Å². The van der Waals surface area contributed by atoms with Crippen LogP contribution in [-0.2, 0) is 9.53 Å². The van der Waals surface area contributed by atoms with Crippen LogP contribution in [0.2, 0.25) is 0 Å². The molecule has 4 nitrogen and oxygen atoms in total. The fourth-order valence-electron chi connectivity index (χ4n) is 1.48. The molecule has 108 valence electrons. The first-order valence-corrected chi connectivity index (χ1v) is 7.24. The minimum Gasteiger partial charge on any atom is -0.381 e. The van der Waals surface area contributed by atoms with Crippen molar-refractivity contribution in [2.75, 3.05) is 26.3 Å². The molecular formula is C14H30N2O2. The molecule has 4 heteroatoms. The molecule has 0 unspecified atom stereocenters. The van der Waals surface area contributed by atoms with Gasteiger partial charge in [-0.3, -0.25) is 4.79 Å². The summed E-state index contributed by atoms with van der Waals surface area (Å²) in [4.78, 5) is 11.4. The summed E-state index contributed by atoms with van der Waals surface area (Å²) in [6.45, 7) is 9.59. The number of ether oxygens (including phenoxy) is 1. The lowest BCUT2D eigenvalue weighted by Gasteiger charge is -2.08. The second kappa shape index (κ2) is 12.8. The molecule has 0 bridgehead atoms. The van der Waals surface area contributed by atoms with Crippen LogP contribution in [0.1, 0.15) is 52.9 Å². The second-order valence-electron chi connectivity index (χ2n) is 4.88. The first-order chi connectivity index (χ1) is 8.66. The van der Waals surface area contributed by atoms with Gasteiger partial charge < -0.3 is 15.4 Å². The molecule has 18 heavy (non-hydrogen) atoms. The van der Waals surface area contributed by atoms with Crippen LogP contribution in [0.4, 0.5) is 0 Å². The summed E-state index contributed by atoms with van der Waals surface area (Å²) in [5.41, 5.74) is 0. The third-order valence-electron chi connectivity index (χ3n) is 2.56. The van der Waals surface area contributed by atoms with Crippen LogP contribution >= 0.6 is 0 Å². The van der Waals surface area contributed by atoms with E-state index in [4.69, 9.17) is 4.74 Å². The average Bonchev–Trinajstić information content (AvgIpc) is 2.33. The van der Waals surface area contributed by atoms with E-state index in [1.807, 2.05) is 0 Å². The monoisotopic (exact) mass is 258 g/mol. The molecule has 0 aromatic carbocycles. The van der Waals surface area contributed by atoms with E-state index in [1.54, 1.807) is 0 Å². The Kier molecular flexibility index (Phi) is 12.4. The molecule has 0 aliphatic rings. The van der Waals surface area contributed by atoms with Crippen LogP contribution < -0.4 is 10.6 Å². The van der Waals surface area contributed by atoms with Gasteiger partial charge in [0.1, 0.15) is 0 Å². The SMILES string of the molecule is CCCCOCCCNC(=O)CCCNC(C)C. The first-order valence-electron chi connectivity index (χ1n) is 7.24. The summed E-state index contributed by atoms with van der Waals surface area (Å²) >= 11 is 0. The molecule has 2 N–H and O–H groups in total. The van der Waals surface area contributed by atoms with Gasteiger partial charge >= 0.3 is 0 Å². The molecule has 0 aliphatic carbocycles. The van der Waals surface area contributed by atoms with E-state index in [-0.39, 0.29) is 5.91 Å². The van der Waals surface area contributed by atoms with Crippen molar-refractivity contribution >= 4 is 5.91 Å². The maximum Gasteiger partial charge on any atom is 0.220 e. The van der Waals surface area contributed by atoms with Crippen LogP contribution in [-0.4, -0.2) is 38.3 Å². The standard InChI is InChI=1S/C14H30N2O2/c1-4-5-11-18-12-7-10-16-14(17)8-6-9-15-13(2)3/h13,15H,4-12H2,1-3H3,(H,16,17). The summed E-state index contributed by atoms with van der Waals surface area (Å²) in [6.07, 6.45) is 4.70. The van der Waals surface area contributed by atoms with E-state index >= 15 is 0 Å². The summed E-state index contributed by atoms with van der Waals surface area (Å²) in [6, 6.07) is 0.494. The van der Waals surface area contributed by atoms with Crippen molar-refractivity contribution in [1.82, 2.24) is 10.6 Å². The Morgan fingerprint density at radius 2 is 1.83 bits per heavy atom. The smallest absolute Gasteiger partial charge is 0.220 e. The number of rotatable bonds is 12. The number of hydrogen-bond donors (Lipinski definition) is 2. The van der Waals surface area contributed by atoms with E-state index < -0.39 is 0 Å². The predicted octanol–water partition coefficient (Wildman–Crippen LogP) is 2.09. The largest absolute Gasteiger partial charge is 0.381 e. The Balaban J connectivity index is 3.17. The number of carbonyl (C=O) groups excluding carboxylic acids is 1. The number of nitrogens with one attached hydrogen (secondary N) is 2. The Morgan fingerprint density at radius 1 is 1.11 bits per heavy atom. The average molecular weight is 258 g/mol. The lowest BCUT2D eigenvalue weighted by Crippen LogP contribution is -2.28. The Hall–Kier alpha value is -0.610. The first kappa shape index (κ1) is 17.4. The number of carbonyl (C=O) groups is 1. The molecule has 0 spiro atoms. The van der Waals surface area contributed by atoms with Gasteiger partial charge in [0.25, 0.3) is 0 Å². The topological polar surface area (TPSA) is 50.4 Å². The summed E-state index contributed by atoms with van der Waals surface area (Å²) in [5, 5.41) is 6.21. The zero-order chi connectivity index (χ0) is 13.6. The van der Waals surface area contributed by atoms with E-state index in [9.17, 15) is 4.79 Å². The highest BCUT2D eigenvalue weighted by atomic mass is 16.5. The molecule has 1 amide bonds. The molecule has 0 fully saturated rings. The third-order valence-corrected chi connectivity index (χ3v) is 2.56. The van der Waals surface area contributed by atoms with Crippen molar-refractivity contribution in [1.29, 1.82) is 0 Å². The normalized spacial score (nSPS) is 10.9. The van der Waals surface area contributed by atoms with E-state index in [0.717, 1.165) is 45.6 Å². The quantitative estimate of drug-likeness (QED) is 0.527. The van der Waals surface area contributed by atoms with Crippen LogP contribution in [0.25, 0.3) is 0 Å². The van der Waals surface area contributed by atoms with Crippen molar-refractivity contribution in [3.8, 4) is 0 Å². The van der Waals surface area contributed by atoms with Gasteiger partial charge in [-0.05, 0) is 25.8 Å². The minimum atomic E-state index is 0.147. The van der Waals surface area contributed by atoms with E-state index in [0.29, 0.717) is 12.5 Å². The lowest BCUT2D eigenvalue weighted by atomic mass is 10.2. The molecule has 0 aromatic heterocycles. The highest BCUT2D eigenvalue weighted by Crippen LogP contribution is 1.91. The van der Waals surface area contributed by atoms with Crippen molar-refractivity contribution in [3.63, 3.8) is 0 Å². The molecular weight excluding hydrogens is 228 g/mol. The van der Waals surface area contributed by atoms with Crippen LogP contribution in [0.3, 0.4) is 0 Å². The van der Waals surface area contributed by atoms with Crippen LogP contribution in [0.15, 0.2) is 0 Å². The van der Waals surface area contributed by atoms with Gasteiger partial charge in [0.2, 0.25) is 5.91 Å². The molecule has 0 saturated carbocycles. The van der Waals surface area contributed by atoms with Crippen LogP contribution in [0, 0.1) is 0 Å². The third kappa shape index (κ3) is 13.5. The van der Waals surface area contributed by atoms with Gasteiger partial charge in [-0.1, -0.05) is 27.2 Å².